The lowest BCUT2D eigenvalue weighted by Gasteiger charge is -2.29. The SMILES string of the molecule is O=CC1CCCN(Cc2ccc(Br)s2)C1. The van der Waals surface area contributed by atoms with Crippen LogP contribution in [0.15, 0.2) is 15.9 Å². The second-order valence-corrected chi connectivity index (χ2v) is 6.53. The third-order valence-electron chi connectivity index (χ3n) is 2.74. The van der Waals surface area contributed by atoms with Gasteiger partial charge in [0.2, 0.25) is 0 Å². The second kappa shape index (κ2) is 5.23. The van der Waals surface area contributed by atoms with Gasteiger partial charge in [0.15, 0.2) is 0 Å². The Morgan fingerprint density at radius 1 is 1.60 bits per heavy atom. The first-order valence-electron chi connectivity index (χ1n) is 5.20. The summed E-state index contributed by atoms with van der Waals surface area (Å²) in [5, 5.41) is 0. The molecule has 0 aliphatic carbocycles. The Labute approximate surface area is 102 Å². The summed E-state index contributed by atoms with van der Waals surface area (Å²) in [5.41, 5.74) is 0. The summed E-state index contributed by atoms with van der Waals surface area (Å²) in [4.78, 5) is 14.5. The van der Waals surface area contributed by atoms with Crippen LogP contribution in [0.5, 0.6) is 0 Å². The molecule has 1 aromatic heterocycles. The molecule has 2 rings (SSSR count). The highest BCUT2D eigenvalue weighted by molar-refractivity contribution is 9.11. The van der Waals surface area contributed by atoms with Gasteiger partial charge < -0.3 is 4.79 Å². The first-order valence-corrected chi connectivity index (χ1v) is 6.81. The van der Waals surface area contributed by atoms with E-state index in [0.29, 0.717) is 0 Å². The third kappa shape index (κ3) is 3.13. The highest BCUT2D eigenvalue weighted by atomic mass is 79.9. The minimum Gasteiger partial charge on any atom is -0.303 e. The van der Waals surface area contributed by atoms with E-state index in [9.17, 15) is 4.79 Å². The molecule has 0 amide bonds. The molecule has 0 radical (unpaired) electrons. The summed E-state index contributed by atoms with van der Waals surface area (Å²) in [6, 6.07) is 4.24. The predicted octanol–water partition coefficient (Wildman–Crippen LogP) is 2.92. The summed E-state index contributed by atoms with van der Waals surface area (Å²) in [5.74, 6) is 0.252. The number of aldehydes is 1. The van der Waals surface area contributed by atoms with Crippen LogP contribution in [0.2, 0.25) is 0 Å². The fourth-order valence-corrected chi connectivity index (χ4v) is 3.53. The molecule has 1 fully saturated rings. The number of halogens is 1. The van der Waals surface area contributed by atoms with Crippen molar-refractivity contribution >= 4 is 33.6 Å². The number of piperidine rings is 1. The molecule has 2 heterocycles. The highest BCUT2D eigenvalue weighted by Crippen LogP contribution is 2.25. The third-order valence-corrected chi connectivity index (χ3v) is 4.35. The van der Waals surface area contributed by atoms with Crippen molar-refractivity contribution in [2.24, 2.45) is 5.92 Å². The Hall–Kier alpha value is -0.190. The Balaban J connectivity index is 1.91. The molecule has 0 N–H and O–H groups in total. The number of thiophene rings is 1. The zero-order chi connectivity index (χ0) is 10.7. The van der Waals surface area contributed by atoms with Crippen molar-refractivity contribution < 1.29 is 4.79 Å². The zero-order valence-electron chi connectivity index (χ0n) is 8.49. The molecule has 0 aromatic carbocycles. The van der Waals surface area contributed by atoms with Crippen molar-refractivity contribution in [3.63, 3.8) is 0 Å². The van der Waals surface area contributed by atoms with Gasteiger partial charge >= 0.3 is 0 Å². The Morgan fingerprint density at radius 3 is 3.13 bits per heavy atom. The van der Waals surface area contributed by atoms with Crippen molar-refractivity contribution in [1.82, 2.24) is 4.90 Å². The van der Waals surface area contributed by atoms with Crippen LogP contribution in [0.4, 0.5) is 0 Å². The molecule has 1 unspecified atom stereocenters. The molecule has 0 bridgehead atoms. The number of nitrogens with zero attached hydrogens (tertiary/aromatic N) is 1. The van der Waals surface area contributed by atoms with Gasteiger partial charge in [0, 0.05) is 23.9 Å². The summed E-state index contributed by atoms with van der Waals surface area (Å²) in [7, 11) is 0. The lowest BCUT2D eigenvalue weighted by molar-refractivity contribution is -0.112. The fourth-order valence-electron chi connectivity index (χ4n) is 2.00. The van der Waals surface area contributed by atoms with Gasteiger partial charge in [-0.3, -0.25) is 4.90 Å². The molecular formula is C11H14BrNOS. The lowest BCUT2D eigenvalue weighted by Crippen LogP contribution is -2.35. The topological polar surface area (TPSA) is 20.3 Å². The molecule has 0 saturated carbocycles. The van der Waals surface area contributed by atoms with Crippen LogP contribution in [0.3, 0.4) is 0 Å². The van der Waals surface area contributed by atoms with Crippen molar-refractivity contribution in [1.29, 1.82) is 0 Å². The molecule has 1 aromatic rings. The van der Waals surface area contributed by atoms with Gasteiger partial charge in [-0.2, -0.15) is 0 Å². The van der Waals surface area contributed by atoms with Crippen molar-refractivity contribution in [3.8, 4) is 0 Å². The van der Waals surface area contributed by atoms with E-state index in [2.05, 4.69) is 33.0 Å². The van der Waals surface area contributed by atoms with Gasteiger partial charge in [-0.25, -0.2) is 0 Å². The zero-order valence-corrected chi connectivity index (χ0v) is 10.9. The van der Waals surface area contributed by atoms with Crippen LogP contribution in [-0.4, -0.2) is 24.3 Å². The number of carbonyl (C=O) groups excluding carboxylic acids is 1. The maximum atomic E-state index is 10.7. The van der Waals surface area contributed by atoms with Crippen LogP contribution < -0.4 is 0 Å². The quantitative estimate of drug-likeness (QED) is 0.797. The predicted molar refractivity (Wildman–Crippen MR) is 66.1 cm³/mol. The summed E-state index contributed by atoms with van der Waals surface area (Å²) in [6.07, 6.45) is 3.32. The highest BCUT2D eigenvalue weighted by Gasteiger charge is 2.19. The molecule has 1 aliphatic rings. The number of hydrogen-bond donors (Lipinski definition) is 0. The molecule has 15 heavy (non-hydrogen) atoms. The van der Waals surface area contributed by atoms with Gasteiger partial charge in [-0.05, 0) is 47.4 Å². The minimum atomic E-state index is 0.252. The molecule has 1 aliphatic heterocycles. The fraction of sp³-hybridized carbons (Fsp3) is 0.545. The maximum Gasteiger partial charge on any atom is 0.124 e. The molecule has 82 valence electrons. The number of hydrogen-bond acceptors (Lipinski definition) is 3. The van der Waals surface area contributed by atoms with E-state index in [1.807, 2.05) is 0 Å². The minimum absolute atomic E-state index is 0.252. The van der Waals surface area contributed by atoms with Gasteiger partial charge in [0.05, 0.1) is 3.79 Å². The van der Waals surface area contributed by atoms with E-state index in [4.69, 9.17) is 0 Å². The molecule has 4 heteroatoms. The first kappa shape index (κ1) is 11.3. The Morgan fingerprint density at radius 2 is 2.47 bits per heavy atom. The van der Waals surface area contributed by atoms with Crippen molar-refractivity contribution in [3.05, 3.63) is 20.8 Å². The average molecular weight is 288 g/mol. The lowest BCUT2D eigenvalue weighted by atomic mass is 10.00. The van der Waals surface area contributed by atoms with Gasteiger partial charge in [0.1, 0.15) is 6.29 Å². The van der Waals surface area contributed by atoms with Crippen molar-refractivity contribution in [2.75, 3.05) is 13.1 Å². The number of likely N-dealkylation sites (tertiary alicyclic amines) is 1. The Kier molecular flexibility index (Phi) is 3.94. The second-order valence-electron chi connectivity index (χ2n) is 3.98. The van der Waals surface area contributed by atoms with Crippen LogP contribution in [0, 0.1) is 5.92 Å². The molecular weight excluding hydrogens is 274 g/mol. The molecule has 1 saturated heterocycles. The normalized spacial score (nSPS) is 22.9. The van der Waals surface area contributed by atoms with Gasteiger partial charge in [0.25, 0.3) is 0 Å². The summed E-state index contributed by atoms with van der Waals surface area (Å²) < 4.78 is 1.18. The smallest absolute Gasteiger partial charge is 0.124 e. The molecule has 2 nitrogen and oxygen atoms in total. The van der Waals surface area contributed by atoms with E-state index in [0.717, 1.165) is 38.8 Å². The van der Waals surface area contributed by atoms with Crippen LogP contribution in [-0.2, 0) is 11.3 Å². The maximum absolute atomic E-state index is 10.7. The van der Waals surface area contributed by atoms with Gasteiger partial charge in [-0.1, -0.05) is 0 Å². The standard InChI is InChI=1S/C11H14BrNOS/c12-11-4-3-10(15-11)7-13-5-1-2-9(6-13)8-14/h3-4,8-9H,1-2,5-7H2. The Bertz CT molecular complexity index is 339. The number of rotatable bonds is 3. The van der Waals surface area contributed by atoms with Crippen molar-refractivity contribution in [2.45, 2.75) is 19.4 Å². The summed E-state index contributed by atoms with van der Waals surface area (Å²) in [6.45, 7) is 3.04. The molecule has 0 spiro atoms. The van der Waals surface area contributed by atoms with E-state index >= 15 is 0 Å². The number of carbonyl (C=O) groups is 1. The van der Waals surface area contributed by atoms with Crippen LogP contribution in [0.25, 0.3) is 0 Å². The van der Waals surface area contributed by atoms with E-state index < -0.39 is 0 Å². The largest absolute Gasteiger partial charge is 0.303 e. The first-order chi connectivity index (χ1) is 7.28. The molecule has 1 atom stereocenters. The van der Waals surface area contributed by atoms with E-state index in [1.165, 1.54) is 8.66 Å². The van der Waals surface area contributed by atoms with Crippen LogP contribution >= 0.6 is 27.3 Å². The monoisotopic (exact) mass is 287 g/mol. The van der Waals surface area contributed by atoms with Gasteiger partial charge in [-0.15, -0.1) is 11.3 Å². The average Bonchev–Trinajstić information content (AvgIpc) is 2.64. The van der Waals surface area contributed by atoms with E-state index in [-0.39, 0.29) is 5.92 Å². The summed E-state index contributed by atoms with van der Waals surface area (Å²) >= 11 is 5.24. The van der Waals surface area contributed by atoms with E-state index in [1.54, 1.807) is 11.3 Å². The van der Waals surface area contributed by atoms with Crippen LogP contribution in [0.1, 0.15) is 17.7 Å².